The summed E-state index contributed by atoms with van der Waals surface area (Å²) in [4.78, 5) is 21.4. The van der Waals surface area contributed by atoms with Gasteiger partial charge in [-0.15, -0.1) is 0 Å². The minimum absolute atomic E-state index is 0.200. The summed E-state index contributed by atoms with van der Waals surface area (Å²) in [7, 11) is 0. The van der Waals surface area contributed by atoms with Crippen LogP contribution in [0.15, 0.2) is 48.9 Å². The predicted molar refractivity (Wildman–Crippen MR) is 103 cm³/mol. The van der Waals surface area contributed by atoms with Crippen LogP contribution in [0, 0.1) is 0 Å². The molecule has 130 valence electrons. The predicted octanol–water partition coefficient (Wildman–Crippen LogP) is 4.47. The van der Waals surface area contributed by atoms with Gasteiger partial charge in [-0.2, -0.15) is 5.10 Å². The fraction of sp³-hybridized carbons (Fsp3) is 0.158. The molecule has 0 atom stereocenters. The van der Waals surface area contributed by atoms with Crippen LogP contribution in [0.3, 0.4) is 0 Å². The summed E-state index contributed by atoms with van der Waals surface area (Å²) in [5, 5.41) is 9.43. The zero-order chi connectivity index (χ0) is 18.3. The van der Waals surface area contributed by atoms with Gasteiger partial charge in [0.2, 0.25) is 0 Å². The van der Waals surface area contributed by atoms with Crippen molar-refractivity contribution in [2.45, 2.75) is 19.9 Å². The van der Waals surface area contributed by atoms with Crippen LogP contribution in [0.5, 0.6) is 0 Å². The molecule has 3 heterocycles. The summed E-state index contributed by atoms with van der Waals surface area (Å²) in [6, 6.07) is 9.16. The SMILES string of the molecule is CC(C)n1ncc2cc(C(=O)Nc3ccc(Cl)c4cccnc34)cnc21. The number of carbonyl (C=O) groups is 1. The molecule has 1 amide bonds. The van der Waals surface area contributed by atoms with Crippen LogP contribution in [0.2, 0.25) is 5.02 Å². The minimum atomic E-state index is -0.258. The molecule has 1 N–H and O–H groups in total. The lowest BCUT2D eigenvalue weighted by molar-refractivity contribution is 0.102. The standard InChI is InChI=1S/C19H16ClN5O/c1-11(2)25-18-12(10-23-25)8-13(9-22-18)19(26)24-16-6-5-15(20)14-4-3-7-21-17(14)16/h3-11H,1-2H3,(H,24,26). The van der Waals surface area contributed by atoms with E-state index in [0.29, 0.717) is 21.8 Å². The summed E-state index contributed by atoms with van der Waals surface area (Å²) in [5.74, 6) is -0.258. The summed E-state index contributed by atoms with van der Waals surface area (Å²) in [6.45, 7) is 4.07. The van der Waals surface area contributed by atoms with Crippen molar-refractivity contribution in [1.82, 2.24) is 19.7 Å². The molecule has 4 rings (SSSR count). The van der Waals surface area contributed by atoms with Crippen LogP contribution in [0.25, 0.3) is 21.9 Å². The number of nitrogens with zero attached hydrogens (tertiary/aromatic N) is 4. The normalized spacial score (nSPS) is 11.4. The molecule has 0 unspecified atom stereocenters. The molecule has 3 aromatic heterocycles. The third-order valence-electron chi connectivity index (χ3n) is 4.15. The van der Waals surface area contributed by atoms with Crippen molar-refractivity contribution >= 4 is 45.1 Å². The molecule has 0 spiro atoms. The molecule has 0 radical (unpaired) electrons. The highest BCUT2D eigenvalue weighted by Crippen LogP contribution is 2.28. The molecule has 0 fully saturated rings. The fourth-order valence-electron chi connectivity index (χ4n) is 2.88. The van der Waals surface area contributed by atoms with Crippen LogP contribution in [0.1, 0.15) is 30.2 Å². The number of nitrogens with one attached hydrogen (secondary N) is 1. The lowest BCUT2D eigenvalue weighted by atomic mass is 10.1. The van der Waals surface area contributed by atoms with Crippen molar-refractivity contribution in [1.29, 1.82) is 0 Å². The van der Waals surface area contributed by atoms with Gasteiger partial charge in [0, 0.05) is 29.2 Å². The van der Waals surface area contributed by atoms with E-state index in [1.54, 1.807) is 36.8 Å². The van der Waals surface area contributed by atoms with Gasteiger partial charge in [0.25, 0.3) is 5.91 Å². The number of hydrogen-bond acceptors (Lipinski definition) is 4. The highest BCUT2D eigenvalue weighted by Gasteiger charge is 2.14. The number of amides is 1. The number of rotatable bonds is 3. The zero-order valence-corrected chi connectivity index (χ0v) is 15.0. The Morgan fingerprint density at radius 1 is 1.19 bits per heavy atom. The van der Waals surface area contributed by atoms with Crippen LogP contribution in [-0.2, 0) is 0 Å². The number of fused-ring (bicyclic) bond motifs is 2. The molecule has 1 aromatic carbocycles. The summed E-state index contributed by atoms with van der Waals surface area (Å²) in [5.41, 5.74) is 2.47. The number of hydrogen-bond donors (Lipinski definition) is 1. The highest BCUT2D eigenvalue weighted by molar-refractivity contribution is 6.36. The molecule has 0 saturated heterocycles. The van der Waals surface area contributed by atoms with Gasteiger partial charge in [0.05, 0.1) is 28.0 Å². The van der Waals surface area contributed by atoms with Crippen molar-refractivity contribution < 1.29 is 4.79 Å². The van der Waals surface area contributed by atoms with Gasteiger partial charge in [-0.1, -0.05) is 11.6 Å². The van der Waals surface area contributed by atoms with E-state index in [1.807, 2.05) is 30.7 Å². The maximum atomic E-state index is 12.7. The molecular weight excluding hydrogens is 350 g/mol. The first-order valence-corrected chi connectivity index (χ1v) is 8.60. The second-order valence-corrected chi connectivity index (χ2v) is 6.68. The largest absolute Gasteiger partial charge is 0.320 e. The first-order chi connectivity index (χ1) is 12.5. The monoisotopic (exact) mass is 365 g/mol. The molecule has 0 saturated carbocycles. The number of benzene rings is 1. The number of aromatic nitrogens is 4. The minimum Gasteiger partial charge on any atom is -0.320 e. The third kappa shape index (κ3) is 2.78. The van der Waals surface area contributed by atoms with Crippen LogP contribution < -0.4 is 5.32 Å². The summed E-state index contributed by atoms with van der Waals surface area (Å²) >= 11 is 6.20. The lowest BCUT2D eigenvalue weighted by Gasteiger charge is -2.09. The zero-order valence-electron chi connectivity index (χ0n) is 14.3. The molecule has 26 heavy (non-hydrogen) atoms. The first-order valence-electron chi connectivity index (χ1n) is 8.22. The van der Waals surface area contributed by atoms with Gasteiger partial charge in [-0.05, 0) is 44.2 Å². The van der Waals surface area contributed by atoms with Crippen molar-refractivity contribution in [2.75, 3.05) is 5.32 Å². The van der Waals surface area contributed by atoms with Crippen molar-refractivity contribution in [3.63, 3.8) is 0 Å². The smallest absolute Gasteiger partial charge is 0.257 e. The Labute approximate surface area is 154 Å². The Balaban J connectivity index is 1.69. The van der Waals surface area contributed by atoms with Gasteiger partial charge in [0.15, 0.2) is 5.65 Å². The number of pyridine rings is 2. The van der Waals surface area contributed by atoms with Gasteiger partial charge >= 0.3 is 0 Å². The molecule has 0 aliphatic heterocycles. The fourth-order valence-corrected chi connectivity index (χ4v) is 3.09. The molecule has 6 nitrogen and oxygen atoms in total. The Morgan fingerprint density at radius 2 is 2.04 bits per heavy atom. The Bertz CT molecular complexity index is 1140. The second kappa shape index (κ2) is 6.38. The number of halogens is 1. The highest BCUT2D eigenvalue weighted by atomic mass is 35.5. The van der Waals surface area contributed by atoms with Crippen LogP contribution in [-0.4, -0.2) is 25.7 Å². The summed E-state index contributed by atoms with van der Waals surface area (Å²) < 4.78 is 1.83. The van der Waals surface area contributed by atoms with Gasteiger partial charge in [-0.3, -0.25) is 9.78 Å². The van der Waals surface area contributed by atoms with E-state index in [-0.39, 0.29) is 11.9 Å². The van der Waals surface area contributed by atoms with Crippen molar-refractivity contribution in [3.05, 3.63) is 59.5 Å². The Kier molecular flexibility index (Phi) is 4.05. The van der Waals surface area contributed by atoms with E-state index in [0.717, 1.165) is 16.4 Å². The molecule has 0 aliphatic rings. The Morgan fingerprint density at radius 3 is 2.85 bits per heavy atom. The number of anilines is 1. The average molecular weight is 366 g/mol. The van der Waals surface area contributed by atoms with E-state index in [9.17, 15) is 4.79 Å². The van der Waals surface area contributed by atoms with E-state index in [2.05, 4.69) is 20.4 Å². The topological polar surface area (TPSA) is 72.7 Å². The molecule has 7 heteroatoms. The van der Waals surface area contributed by atoms with Gasteiger partial charge < -0.3 is 5.32 Å². The average Bonchev–Trinajstić information content (AvgIpc) is 3.07. The van der Waals surface area contributed by atoms with E-state index in [1.165, 1.54) is 0 Å². The first kappa shape index (κ1) is 16.5. The molecule has 0 aliphatic carbocycles. The Hall–Kier alpha value is -2.99. The molecular formula is C19H16ClN5O. The maximum absolute atomic E-state index is 12.7. The van der Waals surface area contributed by atoms with Crippen LogP contribution in [0.4, 0.5) is 5.69 Å². The van der Waals surface area contributed by atoms with E-state index in [4.69, 9.17) is 11.6 Å². The third-order valence-corrected chi connectivity index (χ3v) is 4.48. The quantitative estimate of drug-likeness (QED) is 0.581. The van der Waals surface area contributed by atoms with Crippen molar-refractivity contribution in [2.24, 2.45) is 0 Å². The van der Waals surface area contributed by atoms with Crippen LogP contribution >= 0.6 is 11.6 Å². The summed E-state index contributed by atoms with van der Waals surface area (Å²) in [6.07, 6.45) is 4.95. The van der Waals surface area contributed by atoms with E-state index < -0.39 is 0 Å². The van der Waals surface area contributed by atoms with E-state index >= 15 is 0 Å². The van der Waals surface area contributed by atoms with Crippen molar-refractivity contribution in [3.8, 4) is 0 Å². The number of carbonyl (C=O) groups excluding carboxylic acids is 1. The second-order valence-electron chi connectivity index (χ2n) is 6.27. The molecule has 0 bridgehead atoms. The lowest BCUT2D eigenvalue weighted by Crippen LogP contribution is -2.13. The van der Waals surface area contributed by atoms with Gasteiger partial charge in [0.1, 0.15) is 0 Å². The van der Waals surface area contributed by atoms with Gasteiger partial charge in [-0.25, -0.2) is 9.67 Å². The molecule has 4 aromatic rings. The maximum Gasteiger partial charge on any atom is 0.257 e.